The fourth-order valence-corrected chi connectivity index (χ4v) is 6.52. The van der Waals surface area contributed by atoms with Gasteiger partial charge in [-0.05, 0) is 70.6 Å². The van der Waals surface area contributed by atoms with Crippen molar-refractivity contribution in [1.82, 2.24) is 0 Å². The second kappa shape index (κ2) is 39.4. The van der Waals surface area contributed by atoms with E-state index in [-0.39, 0.29) is 12.8 Å². The average molecular weight is 891 g/mol. The van der Waals surface area contributed by atoms with Crippen molar-refractivity contribution in [3.8, 4) is 0 Å². The van der Waals surface area contributed by atoms with Crippen LogP contribution in [0.25, 0.3) is 0 Å². The number of ether oxygens (including phenoxy) is 2. The Morgan fingerprint density at radius 2 is 1.10 bits per heavy atom. The highest BCUT2D eigenvalue weighted by Gasteiger charge is 2.28. The lowest BCUT2D eigenvalue weighted by atomic mass is 10.1. The lowest BCUT2D eigenvalue weighted by molar-refractivity contribution is -0.161. The minimum Gasteiger partial charge on any atom is -0.462 e. The van der Waals surface area contributed by atoms with E-state index in [1.165, 1.54) is 19.3 Å². The second-order valence-electron chi connectivity index (χ2n) is 14.4. The van der Waals surface area contributed by atoms with Gasteiger partial charge in [0.1, 0.15) is 12.7 Å². The number of carbonyl (C=O) groups excluding carboxylic acids is 2. The predicted molar refractivity (Wildman–Crippen MR) is 236 cm³/mol. The highest BCUT2D eigenvalue weighted by Crippen LogP contribution is 2.43. The van der Waals surface area contributed by atoms with Crippen LogP contribution in [0.2, 0.25) is 0 Å². The Hall–Kier alpha value is -2.48. The fourth-order valence-electron chi connectivity index (χ4n) is 5.36. The number of carbonyl (C=O) groups is 2. The standard InChI is InChI=1S/C44H76O14P2/c1-3-5-7-9-11-12-13-14-15-16-17-18-19-20-22-26-30-34-43(47)54-38-42(39-57-60(52,53)56-37-41(46)36-55-59(49,50)51)58-44(48)35-31-27-23-25-29-33-40(45)32-28-24-21-10-8-6-4-2/h6,8,11-12,14-15,17-18,21,24,28,32,40-42,45-46H,3-5,7,9-10,13,16,19-20,22-23,25-27,29-31,33-39H2,1-2H3,(H,52,53)(H2,49,50,51)/b8-6+,12-11-,15-14-,18-17-,24-21+,32-28+/t40?,41-,42+/m0/s1. The quantitative estimate of drug-likeness (QED) is 0.0127. The maximum atomic E-state index is 12.7. The van der Waals surface area contributed by atoms with Crippen LogP contribution in [0, 0.1) is 0 Å². The SMILES string of the molecule is CC/C=C/C/C=C/C=C/C(O)CCCCCCCC(=O)O[C@H](COC(=O)CCCCCC/C=C\C/C=C\C/C=C\CCCCC)COP(=O)(O)OC[C@@H](O)COP(=O)(O)O. The highest BCUT2D eigenvalue weighted by atomic mass is 31.2. The molecule has 14 nitrogen and oxygen atoms in total. The van der Waals surface area contributed by atoms with Crippen molar-refractivity contribution in [2.24, 2.45) is 0 Å². The first-order valence-corrected chi connectivity index (χ1v) is 24.8. The molecule has 0 aliphatic carbocycles. The van der Waals surface area contributed by atoms with Crippen LogP contribution in [0.4, 0.5) is 0 Å². The Bertz CT molecular complexity index is 1350. The topological polar surface area (TPSA) is 216 Å². The average Bonchev–Trinajstić information content (AvgIpc) is 3.20. The number of aliphatic hydroxyl groups is 2. The molecule has 0 amide bonds. The number of aliphatic hydroxyl groups excluding tert-OH is 2. The molecule has 0 aliphatic rings. The summed E-state index contributed by atoms with van der Waals surface area (Å²) >= 11 is 0. The van der Waals surface area contributed by atoms with Crippen LogP contribution < -0.4 is 0 Å². The van der Waals surface area contributed by atoms with E-state index in [1.807, 2.05) is 18.2 Å². The molecule has 0 saturated heterocycles. The van der Waals surface area contributed by atoms with E-state index in [4.69, 9.17) is 23.8 Å². The van der Waals surface area contributed by atoms with Gasteiger partial charge in [-0.2, -0.15) is 0 Å². The summed E-state index contributed by atoms with van der Waals surface area (Å²) < 4.78 is 47.7. The summed E-state index contributed by atoms with van der Waals surface area (Å²) in [4.78, 5) is 52.7. The summed E-state index contributed by atoms with van der Waals surface area (Å²) in [5, 5.41) is 19.9. The van der Waals surface area contributed by atoms with Gasteiger partial charge >= 0.3 is 27.6 Å². The molecule has 60 heavy (non-hydrogen) atoms. The molecule has 5 N–H and O–H groups in total. The molecule has 0 fully saturated rings. The third kappa shape index (κ3) is 42.2. The summed E-state index contributed by atoms with van der Waals surface area (Å²) in [5.41, 5.74) is 0. The number of phosphoric ester groups is 2. The van der Waals surface area contributed by atoms with Crippen molar-refractivity contribution in [1.29, 1.82) is 0 Å². The van der Waals surface area contributed by atoms with Gasteiger partial charge in [0.05, 0.1) is 25.9 Å². The van der Waals surface area contributed by atoms with E-state index >= 15 is 0 Å². The number of hydrogen-bond acceptors (Lipinski definition) is 11. The largest absolute Gasteiger partial charge is 0.472 e. The van der Waals surface area contributed by atoms with Crippen molar-refractivity contribution in [2.45, 2.75) is 167 Å². The molecule has 0 radical (unpaired) electrons. The maximum absolute atomic E-state index is 12.7. The van der Waals surface area contributed by atoms with E-state index in [0.717, 1.165) is 83.5 Å². The van der Waals surface area contributed by atoms with Gasteiger partial charge in [0, 0.05) is 12.8 Å². The number of phosphoric acid groups is 2. The Morgan fingerprint density at radius 3 is 1.75 bits per heavy atom. The Kier molecular flexibility index (Phi) is 37.7. The molecule has 0 aromatic heterocycles. The Morgan fingerprint density at radius 1 is 0.567 bits per heavy atom. The first-order chi connectivity index (χ1) is 28.8. The molecule has 0 heterocycles. The number of rotatable bonds is 40. The number of allylic oxidation sites excluding steroid dienone is 11. The minimum absolute atomic E-state index is 0.0530. The van der Waals surface area contributed by atoms with Crippen molar-refractivity contribution in [3.63, 3.8) is 0 Å². The second-order valence-corrected chi connectivity index (χ2v) is 17.1. The van der Waals surface area contributed by atoms with Crippen LogP contribution in [0.1, 0.15) is 149 Å². The van der Waals surface area contributed by atoms with Gasteiger partial charge in [0.25, 0.3) is 0 Å². The zero-order valence-corrected chi connectivity index (χ0v) is 37.9. The third-order valence-corrected chi connectivity index (χ3v) is 10.1. The molecule has 2 unspecified atom stereocenters. The van der Waals surface area contributed by atoms with E-state index < -0.39 is 72.3 Å². The van der Waals surface area contributed by atoms with Crippen molar-refractivity contribution < 1.29 is 66.7 Å². The van der Waals surface area contributed by atoms with E-state index in [1.54, 1.807) is 6.08 Å². The van der Waals surface area contributed by atoms with Gasteiger partial charge in [-0.15, -0.1) is 0 Å². The van der Waals surface area contributed by atoms with Gasteiger partial charge < -0.3 is 34.4 Å². The molecule has 346 valence electrons. The zero-order chi connectivity index (χ0) is 44.6. The molecular formula is C44H76O14P2. The fraction of sp³-hybridized carbons (Fsp3) is 0.682. The number of hydrogen-bond donors (Lipinski definition) is 5. The molecule has 0 aliphatic heterocycles. The summed E-state index contributed by atoms with van der Waals surface area (Å²) in [5.74, 6) is -1.14. The van der Waals surface area contributed by atoms with Gasteiger partial charge in [-0.25, -0.2) is 9.13 Å². The maximum Gasteiger partial charge on any atom is 0.472 e. The minimum atomic E-state index is -4.88. The summed E-state index contributed by atoms with van der Waals surface area (Å²) in [6.45, 7) is 1.45. The van der Waals surface area contributed by atoms with E-state index in [0.29, 0.717) is 19.3 Å². The van der Waals surface area contributed by atoms with Crippen molar-refractivity contribution in [3.05, 3.63) is 72.9 Å². The van der Waals surface area contributed by atoms with E-state index in [9.17, 15) is 33.8 Å². The smallest absolute Gasteiger partial charge is 0.462 e. The monoisotopic (exact) mass is 890 g/mol. The van der Waals surface area contributed by atoms with Gasteiger partial charge in [0.2, 0.25) is 0 Å². The molecule has 4 atom stereocenters. The van der Waals surface area contributed by atoms with Crippen LogP contribution in [0.3, 0.4) is 0 Å². The molecule has 0 spiro atoms. The summed E-state index contributed by atoms with van der Waals surface area (Å²) in [6.07, 6.45) is 39.1. The first-order valence-electron chi connectivity index (χ1n) is 21.7. The molecule has 0 bridgehead atoms. The normalized spacial score (nSPS) is 15.2. The van der Waals surface area contributed by atoms with Crippen molar-refractivity contribution >= 4 is 27.6 Å². The number of unbranched alkanes of at least 4 members (excludes halogenated alkanes) is 11. The van der Waals surface area contributed by atoms with Crippen LogP contribution in [0.15, 0.2) is 72.9 Å². The zero-order valence-electron chi connectivity index (χ0n) is 36.1. The van der Waals surface area contributed by atoms with E-state index in [2.05, 4.69) is 71.5 Å². The summed E-state index contributed by atoms with van der Waals surface area (Å²) in [6, 6.07) is 0. The molecule has 0 aromatic carbocycles. The lowest BCUT2D eigenvalue weighted by Gasteiger charge is -2.20. The molecular weight excluding hydrogens is 814 g/mol. The molecule has 16 heteroatoms. The van der Waals surface area contributed by atoms with Crippen LogP contribution in [0.5, 0.6) is 0 Å². The van der Waals surface area contributed by atoms with Crippen LogP contribution in [-0.4, -0.2) is 81.6 Å². The Balaban J connectivity index is 4.65. The van der Waals surface area contributed by atoms with Gasteiger partial charge in [0.15, 0.2) is 6.10 Å². The predicted octanol–water partition coefficient (Wildman–Crippen LogP) is 9.98. The molecule has 0 aromatic rings. The first kappa shape index (κ1) is 57.5. The van der Waals surface area contributed by atoms with Crippen molar-refractivity contribution in [2.75, 3.05) is 26.4 Å². The van der Waals surface area contributed by atoms with Gasteiger partial charge in [-0.3, -0.25) is 23.2 Å². The van der Waals surface area contributed by atoms with Gasteiger partial charge in [-0.1, -0.05) is 138 Å². The molecule has 0 rings (SSSR count). The third-order valence-electron chi connectivity index (χ3n) is 8.67. The van der Waals surface area contributed by atoms with Crippen LogP contribution >= 0.6 is 15.6 Å². The highest BCUT2D eigenvalue weighted by molar-refractivity contribution is 7.47. The summed E-state index contributed by atoms with van der Waals surface area (Å²) in [7, 11) is -9.72. The van der Waals surface area contributed by atoms with Crippen LogP contribution in [-0.2, 0) is 41.8 Å². The Labute approximate surface area is 359 Å². The molecule has 0 saturated carbocycles. The lowest BCUT2D eigenvalue weighted by Crippen LogP contribution is -2.30. The number of esters is 2.